The second-order valence-corrected chi connectivity index (χ2v) is 6.63. The highest BCUT2D eigenvalue weighted by atomic mass is 79.9. The number of fused-ring (bicyclic) bond motifs is 1. The SMILES string of the molecule is CC1CCCn2nc(-c3ccc(Br)s3)nc21. The van der Waals surface area contributed by atoms with E-state index in [4.69, 9.17) is 0 Å². The van der Waals surface area contributed by atoms with Crippen LogP contribution in [0.2, 0.25) is 0 Å². The van der Waals surface area contributed by atoms with Gasteiger partial charge in [-0.25, -0.2) is 9.67 Å². The van der Waals surface area contributed by atoms with Crippen molar-refractivity contribution in [3.8, 4) is 10.7 Å². The van der Waals surface area contributed by atoms with Crippen LogP contribution in [0.15, 0.2) is 15.9 Å². The number of aromatic nitrogens is 3. The Labute approximate surface area is 107 Å². The topological polar surface area (TPSA) is 30.7 Å². The summed E-state index contributed by atoms with van der Waals surface area (Å²) in [4.78, 5) is 5.80. The molecular weight excluding hydrogens is 286 g/mol. The van der Waals surface area contributed by atoms with Crippen LogP contribution in [0.3, 0.4) is 0 Å². The second-order valence-electron chi connectivity index (χ2n) is 4.16. The van der Waals surface area contributed by atoms with Gasteiger partial charge in [-0.2, -0.15) is 0 Å². The summed E-state index contributed by atoms with van der Waals surface area (Å²) in [5.41, 5.74) is 0. The molecule has 0 saturated carbocycles. The van der Waals surface area contributed by atoms with Gasteiger partial charge in [-0.1, -0.05) is 6.92 Å². The molecule has 0 spiro atoms. The lowest BCUT2D eigenvalue weighted by Crippen LogP contribution is -2.14. The standard InChI is InChI=1S/C11H12BrN3S/c1-7-3-2-6-15-11(7)13-10(14-15)8-4-5-9(12)16-8/h4-5,7H,2-3,6H2,1H3. The van der Waals surface area contributed by atoms with Crippen molar-refractivity contribution in [2.45, 2.75) is 32.2 Å². The minimum absolute atomic E-state index is 0.540. The monoisotopic (exact) mass is 297 g/mol. The van der Waals surface area contributed by atoms with Gasteiger partial charge in [0.2, 0.25) is 0 Å². The van der Waals surface area contributed by atoms with Crippen LogP contribution in [0.25, 0.3) is 10.7 Å². The molecule has 84 valence electrons. The van der Waals surface area contributed by atoms with Crippen LogP contribution in [0.5, 0.6) is 0 Å². The lowest BCUT2D eigenvalue weighted by atomic mass is 10.0. The fourth-order valence-electron chi connectivity index (χ4n) is 2.10. The van der Waals surface area contributed by atoms with Crippen molar-refractivity contribution in [2.75, 3.05) is 0 Å². The van der Waals surface area contributed by atoms with E-state index in [0.29, 0.717) is 5.92 Å². The first-order valence-electron chi connectivity index (χ1n) is 5.44. The molecule has 0 aliphatic carbocycles. The summed E-state index contributed by atoms with van der Waals surface area (Å²) < 4.78 is 3.19. The first-order chi connectivity index (χ1) is 7.74. The number of halogens is 1. The van der Waals surface area contributed by atoms with Gasteiger partial charge in [-0.15, -0.1) is 16.4 Å². The molecule has 0 radical (unpaired) electrons. The van der Waals surface area contributed by atoms with Crippen molar-refractivity contribution < 1.29 is 0 Å². The highest BCUT2D eigenvalue weighted by Gasteiger charge is 2.21. The Kier molecular flexibility index (Phi) is 2.59. The first-order valence-corrected chi connectivity index (χ1v) is 7.05. The van der Waals surface area contributed by atoms with Gasteiger partial charge in [0.15, 0.2) is 5.82 Å². The van der Waals surface area contributed by atoms with Crippen LogP contribution in [-0.4, -0.2) is 14.8 Å². The maximum atomic E-state index is 4.66. The quantitative estimate of drug-likeness (QED) is 0.804. The minimum Gasteiger partial charge on any atom is -0.249 e. The van der Waals surface area contributed by atoms with Crippen molar-refractivity contribution in [1.82, 2.24) is 14.8 Å². The van der Waals surface area contributed by atoms with E-state index >= 15 is 0 Å². The predicted octanol–water partition coefficient (Wildman–Crippen LogP) is 3.67. The molecule has 0 bridgehead atoms. The predicted molar refractivity (Wildman–Crippen MR) is 68.7 cm³/mol. The average Bonchev–Trinajstić information content (AvgIpc) is 2.84. The molecule has 2 aromatic rings. The van der Waals surface area contributed by atoms with Gasteiger partial charge >= 0.3 is 0 Å². The Morgan fingerprint density at radius 2 is 2.38 bits per heavy atom. The molecule has 0 N–H and O–H groups in total. The van der Waals surface area contributed by atoms with Crippen LogP contribution in [0, 0.1) is 0 Å². The van der Waals surface area contributed by atoms with Crippen molar-refractivity contribution in [2.24, 2.45) is 0 Å². The molecule has 16 heavy (non-hydrogen) atoms. The van der Waals surface area contributed by atoms with Crippen molar-refractivity contribution in [3.05, 3.63) is 21.7 Å². The summed E-state index contributed by atoms with van der Waals surface area (Å²) in [7, 11) is 0. The number of rotatable bonds is 1. The van der Waals surface area contributed by atoms with E-state index in [2.05, 4.69) is 43.7 Å². The summed E-state index contributed by atoms with van der Waals surface area (Å²) >= 11 is 5.15. The van der Waals surface area contributed by atoms with Crippen molar-refractivity contribution in [1.29, 1.82) is 0 Å². The normalized spacial score (nSPS) is 19.8. The molecule has 0 fully saturated rings. The Balaban J connectivity index is 2.04. The van der Waals surface area contributed by atoms with E-state index in [1.54, 1.807) is 11.3 Å². The van der Waals surface area contributed by atoms with Crippen LogP contribution >= 0.6 is 27.3 Å². The summed E-state index contributed by atoms with van der Waals surface area (Å²) in [6.45, 7) is 3.24. The van der Waals surface area contributed by atoms with Crippen molar-refractivity contribution in [3.63, 3.8) is 0 Å². The van der Waals surface area contributed by atoms with E-state index in [1.807, 2.05) is 6.07 Å². The molecular formula is C11H12BrN3S. The van der Waals surface area contributed by atoms with Crippen LogP contribution in [-0.2, 0) is 6.54 Å². The third-order valence-corrected chi connectivity index (χ3v) is 4.56. The number of hydrogen-bond donors (Lipinski definition) is 0. The first kappa shape index (κ1) is 10.5. The summed E-state index contributed by atoms with van der Waals surface area (Å²) in [6.07, 6.45) is 2.44. The van der Waals surface area contributed by atoms with E-state index in [0.717, 1.165) is 26.9 Å². The lowest BCUT2D eigenvalue weighted by Gasteiger charge is -2.17. The number of hydrogen-bond acceptors (Lipinski definition) is 3. The molecule has 3 heterocycles. The molecule has 5 heteroatoms. The van der Waals surface area contributed by atoms with Gasteiger partial charge in [0, 0.05) is 12.5 Å². The van der Waals surface area contributed by atoms with Crippen LogP contribution in [0.4, 0.5) is 0 Å². The average molecular weight is 298 g/mol. The van der Waals surface area contributed by atoms with Gasteiger partial charge in [0.05, 0.1) is 8.66 Å². The zero-order valence-electron chi connectivity index (χ0n) is 8.98. The third-order valence-electron chi connectivity index (χ3n) is 2.94. The number of thiophene rings is 1. The highest BCUT2D eigenvalue weighted by Crippen LogP contribution is 2.32. The lowest BCUT2D eigenvalue weighted by molar-refractivity contribution is 0.432. The van der Waals surface area contributed by atoms with Gasteiger partial charge in [-0.05, 0) is 40.9 Å². The highest BCUT2D eigenvalue weighted by molar-refractivity contribution is 9.11. The molecule has 1 atom stereocenters. The molecule has 0 amide bonds. The largest absolute Gasteiger partial charge is 0.249 e. The fourth-order valence-corrected chi connectivity index (χ4v) is 3.41. The summed E-state index contributed by atoms with van der Waals surface area (Å²) in [5, 5.41) is 4.58. The molecule has 2 aromatic heterocycles. The molecule has 1 aliphatic heterocycles. The second kappa shape index (κ2) is 3.96. The van der Waals surface area contributed by atoms with Crippen LogP contribution < -0.4 is 0 Å². The minimum atomic E-state index is 0.540. The van der Waals surface area contributed by atoms with E-state index in [9.17, 15) is 0 Å². The van der Waals surface area contributed by atoms with E-state index in [-0.39, 0.29) is 0 Å². The Morgan fingerprint density at radius 3 is 3.06 bits per heavy atom. The number of nitrogens with zero attached hydrogens (tertiary/aromatic N) is 3. The Hall–Kier alpha value is -0.680. The van der Waals surface area contributed by atoms with E-state index in [1.165, 1.54) is 12.8 Å². The smallest absolute Gasteiger partial charge is 0.191 e. The molecule has 0 saturated heterocycles. The molecule has 1 unspecified atom stereocenters. The third kappa shape index (κ3) is 1.72. The van der Waals surface area contributed by atoms with Gasteiger partial charge in [-0.3, -0.25) is 0 Å². The van der Waals surface area contributed by atoms with Crippen LogP contribution in [0.1, 0.15) is 31.5 Å². The van der Waals surface area contributed by atoms with Crippen molar-refractivity contribution >= 4 is 27.3 Å². The summed E-state index contributed by atoms with van der Waals surface area (Å²) in [6, 6.07) is 4.12. The Bertz CT molecular complexity index is 517. The van der Waals surface area contributed by atoms with E-state index < -0.39 is 0 Å². The molecule has 0 aromatic carbocycles. The maximum Gasteiger partial charge on any atom is 0.191 e. The molecule has 1 aliphatic rings. The Morgan fingerprint density at radius 1 is 1.50 bits per heavy atom. The zero-order valence-corrected chi connectivity index (χ0v) is 11.4. The van der Waals surface area contributed by atoms with Gasteiger partial charge < -0.3 is 0 Å². The maximum absolute atomic E-state index is 4.66. The van der Waals surface area contributed by atoms with Gasteiger partial charge in [0.1, 0.15) is 5.82 Å². The van der Waals surface area contributed by atoms with Gasteiger partial charge in [0.25, 0.3) is 0 Å². The molecule has 3 rings (SSSR count). The summed E-state index contributed by atoms with van der Waals surface area (Å²) in [5.74, 6) is 2.56. The molecule has 3 nitrogen and oxygen atoms in total. The number of aryl methyl sites for hydroxylation is 1. The fraction of sp³-hybridized carbons (Fsp3) is 0.455. The zero-order chi connectivity index (χ0) is 11.1.